The number of alkyl halides is 3. The van der Waals surface area contributed by atoms with E-state index in [9.17, 15) is 22.8 Å². The largest absolute Gasteiger partial charge is 0.494 e. The summed E-state index contributed by atoms with van der Waals surface area (Å²) in [5, 5.41) is 7.97. The lowest BCUT2D eigenvalue weighted by Crippen LogP contribution is -2.25. The van der Waals surface area contributed by atoms with Crippen LogP contribution in [0, 0.1) is 0 Å². The Morgan fingerprint density at radius 3 is 2.62 bits per heavy atom. The Morgan fingerprint density at radius 2 is 1.92 bits per heavy atom. The van der Waals surface area contributed by atoms with Crippen LogP contribution in [0.3, 0.4) is 0 Å². The number of nitrogens with one attached hydrogen (secondary N) is 3. The highest BCUT2D eigenvalue weighted by Gasteiger charge is 2.36. The molecule has 194 valence electrons. The van der Waals surface area contributed by atoms with E-state index >= 15 is 0 Å². The average Bonchev–Trinajstić information content (AvgIpc) is 3.00. The number of fused-ring (bicyclic) bond motifs is 1. The number of benzene rings is 2. The molecule has 0 bridgehead atoms. The van der Waals surface area contributed by atoms with Crippen molar-refractivity contribution in [3.05, 3.63) is 59.3 Å². The Labute approximate surface area is 209 Å². The zero-order chi connectivity index (χ0) is 26.7. The molecule has 3 N–H and O–H groups in total. The van der Waals surface area contributed by atoms with Gasteiger partial charge in [0.2, 0.25) is 5.95 Å². The van der Waals surface area contributed by atoms with Crippen LogP contribution in [0.1, 0.15) is 21.5 Å². The van der Waals surface area contributed by atoms with Crippen molar-refractivity contribution < 1.29 is 32.2 Å². The number of cyclic esters (lactones) is 1. The van der Waals surface area contributed by atoms with Gasteiger partial charge in [-0.3, -0.25) is 9.69 Å². The molecule has 1 aliphatic rings. The molecule has 4 rings (SSSR count). The molecule has 0 atom stereocenters. The zero-order valence-electron chi connectivity index (χ0n) is 20.1. The second-order valence-electron chi connectivity index (χ2n) is 7.93. The molecule has 37 heavy (non-hydrogen) atoms. The van der Waals surface area contributed by atoms with Crippen molar-refractivity contribution in [2.24, 2.45) is 0 Å². The van der Waals surface area contributed by atoms with Crippen LogP contribution in [-0.4, -0.2) is 49.8 Å². The standard InChI is InChI=1S/C24H23F3N6O4/c1-28-21(34)14-6-4-5-7-16(14)30-20-15(24(25,26)27)12-29-22(32-20)31-17-10-13-8-9-37-23(35)33(2)18(13)11-19(17)36-3/h4-7,10-12H,8-9H2,1-3H3,(H,28,34)(H2,29,30,31,32). The summed E-state index contributed by atoms with van der Waals surface area (Å²) in [7, 11) is 4.39. The maximum Gasteiger partial charge on any atom is 0.421 e. The van der Waals surface area contributed by atoms with Gasteiger partial charge in [-0.05, 0) is 23.8 Å². The van der Waals surface area contributed by atoms with Crippen molar-refractivity contribution in [2.45, 2.75) is 12.6 Å². The number of carbonyl (C=O) groups is 2. The van der Waals surface area contributed by atoms with Gasteiger partial charge in [0.05, 0.1) is 36.3 Å². The maximum absolute atomic E-state index is 13.8. The molecule has 0 fully saturated rings. The number of hydrogen-bond donors (Lipinski definition) is 3. The first kappa shape index (κ1) is 25.5. The Bertz CT molecular complexity index is 1350. The fourth-order valence-corrected chi connectivity index (χ4v) is 3.75. The van der Waals surface area contributed by atoms with E-state index in [1.165, 1.54) is 31.2 Å². The molecule has 10 nitrogen and oxygen atoms in total. The van der Waals surface area contributed by atoms with E-state index in [1.54, 1.807) is 31.3 Å². The lowest BCUT2D eigenvalue weighted by atomic mass is 10.1. The van der Waals surface area contributed by atoms with E-state index in [1.807, 2.05) is 0 Å². The Kier molecular flexibility index (Phi) is 7.05. The lowest BCUT2D eigenvalue weighted by molar-refractivity contribution is -0.137. The van der Waals surface area contributed by atoms with Gasteiger partial charge in [-0.1, -0.05) is 12.1 Å². The predicted octanol–water partition coefficient (Wildman–Crippen LogP) is 4.48. The number of nitrogens with zero attached hydrogens (tertiary/aromatic N) is 3. The first-order chi connectivity index (χ1) is 17.6. The number of hydrogen-bond acceptors (Lipinski definition) is 8. The number of ether oxygens (including phenoxy) is 2. The lowest BCUT2D eigenvalue weighted by Gasteiger charge is -2.20. The van der Waals surface area contributed by atoms with Gasteiger partial charge in [0.25, 0.3) is 5.91 Å². The van der Waals surface area contributed by atoms with Gasteiger partial charge in [0.15, 0.2) is 0 Å². The van der Waals surface area contributed by atoms with Crippen molar-refractivity contribution in [3.8, 4) is 5.75 Å². The normalized spacial score (nSPS) is 13.2. The predicted molar refractivity (Wildman–Crippen MR) is 130 cm³/mol. The highest BCUT2D eigenvalue weighted by atomic mass is 19.4. The topological polar surface area (TPSA) is 118 Å². The Morgan fingerprint density at radius 1 is 1.16 bits per heavy atom. The molecule has 0 unspecified atom stereocenters. The number of para-hydroxylation sites is 1. The molecule has 2 heterocycles. The van der Waals surface area contributed by atoms with Crippen LogP contribution in [0.15, 0.2) is 42.6 Å². The van der Waals surface area contributed by atoms with Crippen molar-refractivity contribution in [1.82, 2.24) is 15.3 Å². The van der Waals surface area contributed by atoms with Crippen molar-refractivity contribution in [3.63, 3.8) is 0 Å². The van der Waals surface area contributed by atoms with E-state index in [0.717, 1.165) is 5.56 Å². The minimum absolute atomic E-state index is 0.132. The first-order valence-electron chi connectivity index (χ1n) is 11.0. The number of carbonyl (C=O) groups excluding carboxylic acids is 2. The molecule has 1 aliphatic heterocycles. The minimum atomic E-state index is -4.76. The van der Waals surface area contributed by atoms with Crippen LogP contribution < -0.4 is 25.6 Å². The summed E-state index contributed by atoms with van der Waals surface area (Å²) in [6.07, 6.45) is -4.21. The van der Waals surface area contributed by atoms with E-state index in [0.29, 0.717) is 29.7 Å². The molecule has 3 aromatic rings. The molecule has 0 radical (unpaired) electrons. The third kappa shape index (κ3) is 5.34. The highest BCUT2D eigenvalue weighted by molar-refractivity contribution is 6.00. The molecular weight excluding hydrogens is 493 g/mol. The first-order valence-corrected chi connectivity index (χ1v) is 11.0. The molecule has 13 heteroatoms. The molecule has 0 saturated heterocycles. The molecular formula is C24H23F3N6O4. The number of amides is 2. The van der Waals surface area contributed by atoms with Gasteiger partial charge >= 0.3 is 12.3 Å². The van der Waals surface area contributed by atoms with Crippen LogP contribution in [0.4, 0.5) is 46.8 Å². The van der Waals surface area contributed by atoms with E-state index < -0.39 is 29.6 Å². The van der Waals surface area contributed by atoms with Gasteiger partial charge < -0.3 is 25.4 Å². The summed E-state index contributed by atoms with van der Waals surface area (Å²) in [6.45, 7) is 0.164. The third-order valence-corrected chi connectivity index (χ3v) is 5.63. The third-order valence-electron chi connectivity index (χ3n) is 5.63. The summed E-state index contributed by atoms with van der Waals surface area (Å²) in [6, 6.07) is 9.42. The number of anilines is 5. The van der Waals surface area contributed by atoms with Crippen LogP contribution in [0.5, 0.6) is 5.75 Å². The quantitative estimate of drug-likeness (QED) is 0.439. The highest BCUT2D eigenvalue weighted by Crippen LogP contribution is 2.38. The summed E-state index contributed by atoms with van der Waals surface area (Å²) in [5.41, 5.74) is 0.857. The zero-order valence-corrected chi connectivity index (χ0v) is 20.1. The van der Waals surface area contributed by atoms with Crippen LogP contribution in [-0.2, 0) is 17.3 Å². The van der Waals surface area contributed by atoms with Crippen LogP contribution in [0.2, 0.25) is 0 Å². The van der Waals surface area contributed by atoms with E-state index in [2.05, 4.69) is 25.9 Å². The van der Waals surface area contributed by atoms with Crippen molar-refractivity contribution in [2.75, 3.05) is 43.3 Å². The average molecular weight is 516 g/mol. The molecule has 0 saturated carbocycles. The Balaban J connectivity index is 1.74. The number of methoxy groups -OCH3 is 1. The number of halogens is 3. The van der Waals surface area contributed by atoms with E-state index in [4.69, 9.17) is 9.47 Å². The van der Waals surface area contributed by atoms with Gasteiger partial charge in [-0.15, -0.1) is 0 Å². The molecule has 2 aromatic carbocycles. The SMILES string of the molecule is CNC(=O)c1ccccc1Nc1nc(Nc2cc3c(cc2OC)N(C)C(=O)OCC3)ncc1C(F)(F)F. The second kappa shape index (κ2) is 10.2. The van der Waals surface area contributed by atoms with Crippen molar-refractivity contribution >= 4 is 40.8 Å². The van der Waals surface area contributed by atoms with Gasteiger partial charge in [0, 0.05) is 32.8 Å². The summed E-state index contributed by atoms with van der Waals surface area (Å²) >= 11 is 0. The van der Waals surface area contributed by atoms with E-state index in [-0.39, 0.29) is 23.8 Å². The van der Waals surface area contributed by atoms with Gasteiger partial charge in [0.1, 0.15) is 17.1 Å². The molecule has 2 amide bonds. The monoisotopic (exact) mass is 516 g/mol. The molecule has 1 aromatic heterocycles. The maximum atomic E-state index is 13.8. The Hall–Kier alpha value is -4.55. The summed E-state index contributed by atoms with van der Waals surface area (Å²) < 4.78 is 51.9. The smallest absolute Gasteiger partial charge is 0.421 e. The molecule has 0 aliphatic carbocycles. The fourth-order valence-electron chi connectivity index (χ4n) is 3.75. The molecule has 0 spiro atoms. The summed E-state index contributed by atoms with van der Waals surface area (Å²) in [5.74, 6) is -0.872. The van der Waals surface area contributed by atoms with Gasteiger partial charge in [-0.25, -0.2) is 9.78 Å². The second-order valence-corrected chi connectivity index (χ2v) is 7.93. The van der Waals surface area contributed by atoms with Gasteiger partial charge in [-0.2, -0.15) is 18.2 Å². The minimum Gasteiger partial charge on any atom is -0.494 e. The van der Waals surface area contributed by atoms with Crippen LogP contribution >= 0.6 is 0 Å². The number of aromatic nitrogens is 2. The fraction of sp³-hybridized carbons (Fsp3) is 0.250. The summed E-state index contributed by atoms with van der Waals surface area (Å²) in [4.78, 5) is 33.5. The van der Waals surface area contributed by atoms with Crippen molar-refractivity contribution in [1.29, 1.82) is 0 Å². The van der Waals surface area contributed by atoms with Crippen LogP contribution in [0.25, 0.3) is 0 Å². The number of rotatable bonds is 6.